The van der Waals surface area contributed by atoms with E-state index in [4.69, 9.17) is 0 Å². The minimum absolute atomic E-state index is 0.101. The Morgan fingerprint density at radius 3 is 2.34 bits per heavy atom. The van der Waals surface area contributed by atoms with Gasteiger partial charge in [0.05, 0.1) is 22.2 Å². The molecule has 0 fully saturated rings. The van der Waals surface area contributed by atoms with Crippen molar-refractivity contribution in [1.29, 1.82) is 0 Å². The van der Waals surface area contributed by atoms with Crippen LogP contribution in [0.2, 0.25) is 0 Å². The second-order valence-electron chi connectivity index (χ2n) is 7.72. The van der Waals surface area contributed by atoms with Gasteiger partial charge < -0.3 is 10.3 Å². The van der Waals surface area contributed by atoms with Crippen LogP contribution < -0.4 is 10.0 Å². The number of halogens is 4. The van der Waals surface area contributed by atoms with Crippen LogP contribution in [0.15, 0.2) is 47.8 Å². The minimum atomic E-state index is -4.97. The summed E-state index contributed by atoms with van der Waals surface area (Å²) in [5.41, 5.74) is -1.92. The van der Waals surface area contributed by atoms with E-state index in [1.54, 1.807) is 4.72 Å². The predicted molar refractivity (Wildman–Crippen MR) is 120 cm³/mol. The quantitative estimate of drug-likeness (QED) is 0.253. The molecule has 35 heavy (non-hydrogen) atoms. The number of rotatable bonds is 7. The van der Waals surface area contributed by atoms with E-state index in [0.29, 0.717) is 24.3 Å². The Balaban J connectivity index is 1.80. The fourth-order valence-electron chi connectivity index (χ4n) is 3.43. The molecule has 13 heteroatoms. The molecule has 182 valence electrons. The Kier molecular flexibility index (Phi) is 6.19. The van der Waals surface area contributed by atoms with Gasteiger partial charge >= 0.3 is 0 Å². The molecule has 0 atom stereocenters. The van der Waals surface area contributed by atoms with Crippen molar-refractivity contribution in [2.45, 2.75) is 24.8 Å². The summed E-state index contributed by atoms with van der Waals surface area (Å²) in [4.78, 5) is 22.7. The fourth-order valence-corrected chi connectivity index (χ4v) is 4.63. The third-order valence-corrected chi connectivity index (χ3v) is 6.31. The molecular formula is C22H17F4N5O3S. The molecule has 0 aliphatic rings. The zero-order valence-electron chi connectivity index (χ0n) is 18.2. The fraction of sp³-hybridized carbons (Fsp3) is 0.136. The van der Waals surface area contributed by atoms with Gasteiger partial charge in [-0.1, -0.05) is 6.07 Å². The normalized spacial score (nSPS) is 11.7. The van der Waals surface area contributed by atoms with Crippen molar-refractivity contribution in [2.75, 3.05) is 10.0 Å². The molecular weight excluding hydrogens is 490 g/mol. The van der Waals surface area contributed by atoms with Crippen molar-refractivity contribution >= 4 is 38.3 Å². The summed E-state index contributed by atoms with van der Waals surface area (Å²) in [5.74, 6) is -6.58. The van der Waals surface area contributed by atoms with Crippen LogP contribution in [0.25, 0.3) is 11.0 Å². The van der Waals surface area contributed by atoms with Crippen molar-refractivity contribution < 1.29 is 30.8 Å². The number of benzene rings is 2. The lowest BCUT2D eigenvalue weighted by atomic mass is 10.0. The van der Waals surface area contributed by atoms with E-state index in [1.165, 1.54) is 12.5 Å². The third-order valence-electron chi connectivity index (χ3n) is 4.89. The van der Waals surface area contributed by atoms with Gasteiger partial charge in [-0.3, -0.25) is 9.52 Å². The largest absolute Gasteiger partial charge is 0.367 e. The van der Waals surface area contributed by atoms with E-state index < -0.39 is 55.2 Å². The van der Waals surface area contributed by atoms with Crippen molar-refractivity contribution in [3.63, 3.8) is 0 Å². The first kappa shape index (κ1) is 24.1. The molecule has 2 heterocycles. The first-order valence-corrected chi connectivity index (χ1v) is 11.6. The molecule has 0 unspecified atom stereocenters. The number of carbonyl (C=O) groups excluding carboxylic acids is 1. The lowest BCUT2D eigenvalue weighted by molar-refractivity contribution is 0.103. The number of aromatic amines is 1. The highest BCUT2D eigenvalue weighted by atomic mass is 32.2. The third kappa shape index (κ3) is 4.41. The van der Waals surface area contributed by atoms with E-state index in [2.05, 4.69) is 20.3 Å². The maximum Gasteiger partial charge on any atom is 0.267 e. The number of nitrogens with one attached hydrogen (secondary N) is 3. The Labute approximate surface area is 196 Å². The summed E-state index contributed by atoms with van der Waals surface area (Å²) in [6.45, 7) is 3.63. The summed E-state index contributed by atoms with van der Waals surface area (Å²) < 4.78 is 84.7. The van der Waals surface area contributed by atoms with Crippen molar-refractivity contribution in [3.8, 4) is 0 Å². The molecule has 0 spiro atoms. The van der Waals surface area contributed by atoms with Gasteiger partial charge in [-0.05, 0) is 38.1 Å². The summed E-state index contributed by atoms with van der Waals surface area (Å²) in [5, 5.41) is 3.18. The molecule has 0 saturated carbocycles. The zero-order chi connectivity index (χ0) is 25.5. The highest BCUT2D eigenvalue weighted by Gasteiger charge is 2.29. The van der Waals surface area contributed by atoms with Crippen LogP contribution >= 0.6 is 0 Å². The van der Waals surface area contributed by atoms with Crippen molar-refractivity contribution in [2.24, 2.45) is 0 Å². The minimum Gasteiger partial charge on any atom is -0.367 e. The van der Waals surface area contributed by atoms with Gasteiger partial charge in [0.25, 0.3) is 10.0 Å². The smallest absolute Gasteiger partial charge is 0.267 e. The number of sulfonamides is 1. The Bertz CT molecular complexity index is 1550. The standard InChI is InChI=1S/C22H17F4N5O3S/c1-10(2)30-22-16-11(8-27-21(16)28-9-29-22)19(32)17-12(23)6-7-15(18(17)26)31-35(33,34)20-13(24)4-3-5-14(20)25/h3-10,31H,1-2H3,(H2,27,28,29,30). The topological polar surface area (TPSA) is 117 Å². The van der Waals surface area contributed by atoms with Crippen LogP contribution in [0.1, 0.15) is 29.8 Å². The number of H-pyrrole nitrogens is 1. The number of hydrogen-bond donors (Lipinski definition) is 3. The van der Waals surface area contributed by atoms with E-state index in [9.17, 15) is 26.4 Å². The van der Waals surface area contributed by atoms with Crippen molar-refractivity contribution in [3.05, 3.63) is 77.3 Å². The molecule has 0 radical (unpaired) electrons. The molecule has 4 aromatic rings. The highest BCUT2D eigenvalue weighted by Crippen LogP contribution is 2.31. The van der Waals surface area contributed by atoms with E-state index in [-0.39, 0.29) is 28.5 Å². The number of hydrogen-bond acceptors (Lipinski definition) is 6. The number of ketones is 1. The number of fused-ring (bicyclic) bond motifs is 1. The molecule has 2 aromatic heterocycles. The lowest BCUT2D eigenvalue weighted by Crippen LogP contribution is -2.19. The lowest BCUT2D eigenvalue weighted by Gasteiger charge is -2.13. The van der Waals surface area contributed by atoms with E-state index in [1.807, 2.05) is 13.8 Å². The average molecular weight is 507 g/mol. The second kappa shape index (κ2) is 8.98. The number of nitrogens with zero attached hydrogens (tertiary/aromatic N) is 2. The molecule has 0 aliphatic carbocycles. The monoisotopic (exact) mass is 507 g/mol. The molecule has 4 rings (SSSR count). The molecule has 3 N–H and O–H groups in total. The Hall–Kier alpha value is -4.00. The zero-order valence-corrected chi connectivity index (χ0v) is 19.0. The molecule has 0 amide bonds. The Morgan fingerprint density at radius 1 is 1.00 bits per heavy atom. The van der Waals surface area contributed by atoms with Crippen LogP contribution in [0, 0.1) is 23.3 Å². The van der Waals surface area contributed by atoms with Gasteiger partial charge in [-0.2, -0.15) is 0 Å². The summed E-state index contributed by atoms with van der Waals surface area (Å²) in [6.07, 6.45) is 2.42. The average Bonchev–Trinajstić information content (AvgIpc) is 3.20. The van der Waals surface area contributed by atoms with Crippen LogP contribution in [0.4, 0.5) is 29.1 Å². The maximum atomic E-state index is 15.3. The summed E-state index contributed by atoms with van der Waals surface area (Å²) >= 11 is 0. The number of aromatic nitrogens is 3. The van der Waals surface area contributed by atoms with Gasteiger partial charge in [0.1, 0.15) is 35.2 Å². The molecule has 0 saturated heterocycles. The van der Waals surface area contributed by atoms with Crippen molar-refractivity contribution in [1.82, 2.24) is 15.0 Å². The van der Waals surface area contributed by atoms with Gasteiger partial charge in [-0.25, -0.2) is 35.9 Å². The highest BCUT2D eigenvalue weighted by molar-refractivity contribution is 7.92. The van der Waals surface area contributed by atoms with E-state index in [0.717, 1.165) is 6.07 Å². The van der Waals surface area contributed by atoms with Crippen LogP contribution in [-0.2, 0) is 10.0 Å². The van der Waals surface area contributed by atoms with Crippen LogP contribution in [0.3, 0.4) is 0 Å². The molecule has 8 nitrogen and oxygen atoms in total. The van der Waals surface area contributed by atoms with E-state index >= 15 is 4.39 Å². The van der Waals surface area contributed by atoms with Gasteiger partial charge in [0.15, 0.2) is 10.7 Å². The second-order valence-corrected chi connectivity index (χ2v) is 9.34. The van der Waals surface area contributed by atoms with Gasteiger partial charge in [0, 0.05) is 12.2 Å². The molecule has 0 bridgehead atoms. The summed E-state index contributed by atoms with van der Waals surface area (Å²) in [6, 6.07) is 3.61. The predicted octanol–water partition coefficient (Wildman–Crippen LogP) is 4.37. The first-order valence-electron chi connectivity index (χ1n) is 10.1. The Morgan fingerprint density at radius 2 is 1.69 bits per heavy atom. The van der Waals surface area contributed by atoms with Gasteiger partial charge in [-0.15, -0.1) is 0 Å². The number of anilines is 2. The summed E-state index contributed by atoms with van der Waals surface area (Å²) in [7, 11) is -4.97. The van der Waals surface area contributed by atoms with Crippen LogP contribution in [0.5, 0.6) is 0 Å². The molecule has 0 aliphatic heterocycles. The number of carbonyl (C=O) groups is 1. The maximum absolute atomic E-state index is 15.3. The SMILES string of the molecule is CC(C)Nc1ncnc2[nH]cc(C(=O)c3c(F)ccc(NS(=O)(=O)c4c(F)cccc4F)c3F)c12. The first-order chi connectivity index (χ1) is 16.5. The van der Waals surface area contributed by atoms with Gasteiger partial charge in [0.2, 0.25) is 5.78 Å². The molecule has 2 aromatic carbocycles. The van der Waals surface area contributed by atoms with Crippen LogP contribution in [-0.4, -0.2) is 35.2 Å².